The van der Waals surface area contributed by atoms with Gasteiger partial charge in [0.05, 0.1) is 24.2 Å². The number of nitrogens with two attached hydrogens (primary N) is 1. The number of hydrogen-bond acceptors (Lipinski definition) is 7. The molecule has 3 N–H and O–H groups in total. The largest absolute Gasteiger partial charge is 0.495 e. The van der Waals surface area contributed by atoms with E-state index >= 15 is 4.39 Å². The molecular weight excluding hydrogens is 539 g/mol. The molecule has 0 spiro atoms. The van der Waals surface area contributed by atoms with Crippen molar-refractivity contribution in [3.63, 3.8) is 0 Å². The molecule has 1 fully saturated rings. The third kappa shape index (κ3) is 4.31. The summed E-state index contributed by atoms with van der Waals surface area (Å²) in [4.78, 5) is 8.36. The first-order chi connectivity index (χ1) is 16.8. The smallest absolute Gasteiger partial charge is 0.265 e. The highest BCUT2D eigenvalue weighted by atomic mass is 79.9. The van der Waals surface area contributed by atoms with Crippen molar-refractivity contribution in [2.45, 2.75) is 36.6 Å². The first-order valence-corrected chi connectivity index (χ1v) is 13.2. The molecule has 0 bridgehead atoms. The second-order valence-corrected chi connectivity index (χ2v) is 10.9. The van der Waals surface area contributed by atoms with Crippen molar-refractivity contribution in [3.05, 3.63) is 53.0 Å². The highest BCUT2D eigenvalue weighted by Crippen LogP contribution is 2.37. The van der Waals surface area contributed by atoms with E-state index in [0.717, 1.165) is 25.7 Å². The predicted molar refractivity (Wildman–Crippen MR) is 134 cm³/mol. The summed E-state index contributed by atoms with van der Waals surface area (Å²) >= 11 is 3.25. The van der Waals surface area contributed by atoms with Gasteiger partial charge in [0.15, 0.2) is 5.65 Å². The van der Waals surface area contributed by atoms with Gasteiger partial charge in [-0.1, -0.05) is 34.8 Å². The van der Waals surface area contributed by atoms with E-state index < -0.39 is 15.8 Å². The van der Waals surface area contributed by atoms with E-state index in [1.807, 2.05) is 4.68 Å². The van der Waals surface area contributed by atoms with Crippen LogP contribution in [-0.2, 0) is 10.0 Å². The summed E-state index contributed by atoms with van der Waals surface area (Å²) in [5.74, 6) is -0.377. The quantitative estimate of drug-likeness (QED) is 0.343. The Kier molecular flexibility index (Phi) is 6.09. The first kappa shape index (κ1) is 23.5. The maximum atomic E-state index is 15.2. The van der Waals surface area contributed by atoms with E-state index in [9.17, 15) is 8.42 Å². The average Bonchev–Trinajstić information content (AvgIpc) is 3.49. The van der Waals surface area contributed by atoms with Gasteiger partial charge in [-0.05, 0) is 43.2 Å². The summed E-state index contributed by atoms with van der Waals surface area (Å²) in [6, 6.07) is 8.91. The number of methoxy groups -OCH3 is 1. The molecule has 0 unspecified atom stereocenters. The fourth-order valence-electron chi connectivity index (χ4n) is 4.41. The number of rotatable bonds is 6. The lowest BCUT2D eigenvalue weighted by molar-refractivity contribution is 0.402. The van der Waals surface area contributed by atoms with E-state index in [-0.39, 0.29) is 28.2 Å². The number of nitrogens with zero attached hydrogens (tertiary/aromatic N) is 4. The van der Waals surface area contributed by atoms with Gasteiger partial charge in [-0.3, -0.25) is 4.72 Å². The van der Waals surface area contributed by atoms with Crippen LogP contribution in [0.3, 0.4) is 0 Å². The van der Waals surface area contributed by atoms with Crippen molar-refractivity contribution in [2.75, 3.05) is 17.6 Å². The van der Waals surface area contributed by atoms with E-state index in [1.54, 1.807) is 12.1 Å². The summed E-state index contributed by atoms with van der Waals surface area (Å²) in [6.07, 6.45) is 5.56. The Morgan fingerprint density at radius 1 is 1.17 bits per heavy atom. The maximum Gasteiger partial charge on any atom is 0.265 e. The minimum absolute atomic E-state index is 0.121. The van der Waals surface area contributed by atoms with Gasteiger partial charge in [0.25, 0.3) is 10.0 Å². The second kappa shape index (κ2) is 9.08. The zero-order valence-electron chi connectivity index (χ0n) is 18.7. The van der Waals surface area contributed by atoms with Crippen molar-refractivity contribution in [1.29, 1.82) is 0 Å². The summed E-state index contributed by atoms with van der Waals surface area (Å²) in [5.41, 5.74) is 7.44. The molecule has 0 amide bonds. The minimum Gasteiger partial charge on any atom is -0.495 e. The van der Waals surface area contributed by atoms with Gasteiger partial charge in [-0.15, -0.1) is 0 Å². The molecular formula is C23H22BrFN6O3S. The number of nitrogen functional groups attached to an aromatic ring is 1. The van der Waals surface area contributed by atoms with Crippen LogP contribution in [0.4, 0.5) is 15.9 Å². The number of anilines is 2. The topological polar surface area (TPSA) is 125 Å². The third-order valence-corrected chi connectivity index (χ3v) is 7.97. The van der Waals surface area contributed by atoms with Gasteiger partial charge in [-0.25, -0.2) is 27.5 Å². The molecule has 2 heterocycles. The zero-order valence-corrected chi connectivity index (χ0v) is 21.1. The number of fused-ring (bicyclic) bond motifs is 1. The highest BCUT2D eigenvalue weighted by Gasteiger charge is 2.26. The predicted octanol–water partition coefficient (Wildman–Crippen LogP) is 4.90. The number of aromatic nitrogens is 4. The normalized spacial score (nSPS) is 14.5. The lowest BCUT2D eigenvalue weighted by atomic mass is 10.1. The number of sulfonamides is 1. The Morgan fingerprint density at radius 2 is 1.94 bits per heavy atom. The molecule has 182 valence electrons. The lowest BCUT2D eigenvalue weighted by Crippen LogP contribution is -2.15. The molecule has 0 aliphatic heterocycles. The number of ether oxygens (including phenoxy) is 1. The Hall–Kier alpha value is -3.25. The Labute approximate surface area is 209 Å². The fraction of sp³-hybridized carbons (Fsp3) is 0.261. The molecule has 5 rings (SSSR count). The summed E-state index contributed by atoms with van der Waals surface area (Å²) in [5, 5.41) is 5.28. The number of halogens is 2. The second-order valence-electron chi connectivity index (χ2n) is 8.28. The molecule has 1 saturated carbocycles. The molecule has 0 radical (unpaired) electrons. The SMILES string of the molecule is COc1ccc(Br)cc1S(=O)(=O)Nc1ccc(-c2nn(C3CCCC3)c3ncnc(N)c23)cc1F. The zero-order chi connectivity index (χ0) is 24.7. The van der Waals surface area contributed by atoms with Crippen LogP contribution in [0.2, 0.25) is 0 Å². The van der Waals surface area contributed by atoms with Gasteiger partial charge in [-0.2, -0.15) is 5.10 Å². The van der Waals surface area contributed by atoms with Crippen LogP contribution in [-0.4, -0.2) is 35.3 Å². The van der Waals surface area contributed by atoms with E-state index in [0.29, 0.717) is 26.8 Å². The van der Waals surface area contributed by atoms with E-state index in [2.05, 4.69) is 30.6 Å². The summed E-state index contributed by atoms with van der Waals surface area (Å²) < 4.78 is 51.0. The minimum atomic E-state index is -4.13. The van der Waals surface area contributed by atoms with Crippen molar-refractivity contribution < 1.29 is 17.5 Å². The Morgan fingerprint density at radius 3 is 2.66 bits per heavy atom. The van der Waals surface area contributed by atoms with Crippen LogP contribution >= 0.6 is 15.9 Å². The molecule has 9 nitrogen and oxygen atoms in total. The van der Waals surface area contributed by atoms with Crippen molar-refractivity contribution in [3.8, 4) is 17.0 Å². The number of benzene rings is 2. The first-order valence-electron chi connectivity index (χ1n) is 10.9. The fourth-order valence-corrected chi connectivity index (χ4v) is 6.18. The standard InChI is InChI=1S/C23H22BrFN6O3S/c1-34-18-9-7-14(24)11-19(18)35(32,33)30-17-8-6-13(10-16(17)25)21-20-22(26)27-12-28-23(20)31(29-21)15-4-2-3-5-15/h6-12,15,30H,2-5H2,1H3,(H2,26,27,28). The summed E-state index contributed by atoms with van der Waals surface area (Å²) in [6.45, 7) is 0. The molecule has 4 aromatic rings. The highest BCUT2D eigenvalue weighted by molar-refractivity contribution is 9.10. The van der Waals surface area contributed by atoms with Gasteiger partial charge in [0.2, 0.25) is 0 Å². The molecule has 1 aliphatic rings. The molecule has 2 aromatic carbocycles. The van der Waals surface area contributed by atoms with Gasteiger partial charge < -0.3 is 10.5 Å². The Bertz CT molecular complexity index is 1540. The van der Waals surface area contributed by atoms with E-state index in [4.69, 9.17) is 15.6 Å². The summed E-state index contributed by atoms with van der Waals surface area (Å²) in [7, 11) is -2.77. The lowest BCUT2D eigenvalue weighted by Gasteiger charge is -2.13. The molecule has 0 atom stereocenters. The monoisotopic (exact) mass is 560 g/mol. The average molecular weight is 561 g/mol. The van der Waals surface area contributed by atoms with Crippen LogP contribution < -0.4 is 15.2 Å². The third-order valence-electron chi connectivity index (χ3n) is 6.09. The van der Waals surface area contributed by atoms with Gasteiger partial charge in [0.1, 0.15) is 34.3 Å². The number of hydrogen-bond donors (Lipinski definition) is 2. The molecule has 1 aliphatic carbocycles. The number of nitrogens with one attached hydrogen (secondary N) is 1. The maximum absolute atomic E-state index is 15.2. The van der Waals surface area contributed by atoms with Gasteiger partial charge >= 0.3 is 0 Å². The van der Waals surface area contributed by atoms with Crippen LogP contribution in [0.25, 0.3) is 22.3 Å². The van der Waals surface area contributed by atoms with Crippen LogP contribution in [0, 0.1) is 5.82 Å². The molecule has 12 heteroatoms. The molecule has 2 aromatic heterocycles. The molecule has 0 saturated heterocycles. The van der Waals surface area contributed by atoms with Gasteiger partial charge in [0, 0.05) is 10.0 Å². The van der Waals surface area contributed by atoms with Crippen molar-refractivity contribution in [2.24, 2.45) is 0 Å². The van der Waals surface area contributed by atoms with Crippen LogP contribution in [0.5, 0.6) is 5.75 Å². The molecule has 35 heavy (non-hydrogen) atoms. The van der Waals surface area contributed by atoms with Crippen LogP contribution in [0.15, 0.2) is 52.1 Å². The van der Waals surface area contributed by atoms with Crippen molar-refractivity contribution in [1.82, 2.24) is 19.7 Å². The Balaban J connectivity index is 1.54. The van der Waals surface area contributed by atoms with Crippen LogP contribution in [0.1, 0.15) is 31.7 Å². The van der Waals surface area contributed by atoms with E-state index in [1.165, 1.54) is 37.7 Å². The van der Waals surface area contributed by atoms with Crippen molar-refractivity contribution >= 4 is 48.5 Å².